The average molecular weight is 387 g/mol. The van der Waals surface area contributed by atoms with Crippen LogP contribution in [0.1, 0.15) is 51.9 Å². The highest BCUT2D eigenvalue weighted by atomic mass is 16.5. The van der Waals surface area contributed by atoms with Crippen molar-refractivity contribution in [2.45, 2.75) is 70.1 Å². The fraction of sp³-hybridized carbons (Fsp3) is 0.762. The van der Waals surface area contributed by atoms with Crippen molar-refractivity contribution in [1.29, 1.82) is 0 Å². The van der Waals surface area contributed by atoms with Crippen LogP contribution in [0.15, 0.2) is 23.5 Å². The van der Waals surface area contributed by atoms with Gasteiger partial charge in [-0.1, -0.05) is 12.8 Å². The average Bonchev–Trinajstić information content (AvgIpc) is 3.26. The Kier molecular flexibility index (Phi) is 5.99. The van der Waals surface area contributed by atoms with E-state index in [2.05, 4.69) is 37.4 Å². The molecule has 1 saturated heterocycles. The van der Waals surface area contributed by atoms with Crippen molar-refractivity contribution in [3.8, 4) is 0 Å². The van der Waals surface area contributed by atoms with Crippen molar-refractivity contribution in [2.75, 3.05) is 31.6 Å². The van der Waals surface area contributed by atoms with Crippen molar-refractivity contribution in [1.82, 2.24) is 20.6 Å². The van der Waals surface area contributed by atoms with Crippen LogP contribution in [0, 0.1) is 5.41 Å². The summed E-state index contributed by atoms with van der Waals surface area (Å²) in [7, 11) is 1.87. The summed E-state index contributed by atoms with van der Waals surface area (Å²) < 4.78 is 6.05. The molecule has 0 amide bonds. The van der Waals surface area contributed by atoms with E-state index in [9.17, 15) is 0 Å². The number of nitrogens with zero attached hydrogens (tertiary/aromatic N) is 4. The molecule has 3 atom stereocenters. The van der Waals surface area contributed by atoms with Crippen molar-refractivity contribution >= 4 is 11.9 Å². The van der Waals surface area contributed by atoms with Crippen molar-refractivity contribution in [3.05, 3.63) is 18.5 Å². The van der Waals surface area contributed by atoms with E-state index in [1.54, 1.807) is 0 Å². The van der Waals surface area contributed by atoms with Crippen LogP contribution in [0.25, 0.3) is 0 Å². The standard InChI is InChI=1S/C21H34N6O/c1-3-28-18-14-17(21(18)9-4-5-10-21)26-19(22-2)25-16-8-6-13-27(15-16)20-23-11-7-12-24-20/h7,11-12,16-18H,3-6,8-10,13-15H2,1-2H3,(H2,22,25,26). The number of guanidine groups is 1. The molecule has 1 spiro atoms. The normalized spacial score (nSPS) is 29.6. The molecule has 28 heavy (non-hydrogen) atoms. The molecule has 0 aromatic carbocycles. The minimum atomic E-state index is 0.310. The van der Waals surface area contributed by atoms with E-state index in [1.807, 2.05) is 25.5 Å². The number of hydrogen-bond acceptors (Lipinski definition) is 5. The van der Waals surface area contributed by atoms with Gasteiger partial charge < -0.3 is 20.3 Å². The number of hydrogen-bond donors (Lipinski definition) is 2. The largest absolute Gasteiger partial charge is 0.378 e. The number of aromatic nitrogens is 2. The lowest BCUT2D eigenvalue weighted by Gasteiger charge is -2.54. The van der Waals surface area contributed by atoms with E-state index >= 15 is 0 Å². The number of rotatable bonds is 5. The van der Waals surface area contributed by atoms with Crippen molar-refractivity contribution < 1.29 is 4.74 Å². The number of ether oxygens (including phenoxy) is 1. The molecule has 0 bridgehead atoms. The summed E-state index contributed by atoms with van der Waals surface area (Å²) in [6.45, 7) is 4.83. The molecular weight excluding hydrogens is 352 g/mol. The van der Waals surface area contributed by atoms with Gasteiger partial charge in [-0.25, -0.2) is 9.97 Å². The zero-order chi connectivity index (χ0) is 19.4. The molecule has 154 valence electrons. The number of anilines is 1. The Labute approximate surface area is 168 Å². The molecule has 1 aromatic heterocycles. The Morgan fingerprint density at radius 1 is 1.25 bits per heavy atom. The first-order valence-electron chi connectivity index (χ1n) is 10.9. The Morgan fingerprint density at radius 2 is 2.04 bits per heavy atom. The maximum atomic E-state index is 6.05. The molecule has 2 heterocycles. The van der Waals surface area contributed by atoms with Gasteiger partial charge in [0.25, 0.3) is 0 Å². The Hall–Kier alpha value is -1.89. The maximum absolute atomic E-state index is 6.05. The van der Waals surface area contributed by atoms with E-state index < -0.39 is 0 Å². The lowest BCUT2D eigenvalue weighted by molar-refractivity contribution is -0.125. The fourth-order valence-corrected chi connectivity index (χ4v) is 5.35. The summed E-state index contributed by atoms with van der Waals surface area (Å²) in [6, 6.07) is 2.68. The molecule has 2 saturated carbocycles. The van der Waals surface area contributed by atoms with Gasteiger partial charge in [0.15, 0.2) is 5.96 Å². The zero-order valence-electron chi connectivity index (χ0n) is 17.2. The fourth-order valence-electron chi connectivity index (χ4n) is 5.35. The molecular formula is C21H34N6O. The zero-order valence-corrected chi connectivity index (χ0v) is 17.2. The van der Waals surface area contributed by atoms with Crippen LogP contribution >= 0.6 is 0 Å². The van der Waals surface area contributed by atoms with Crippen LogP contribution in [0.4, 0.5) is 5.95 Å². The number of nitrogens with one attached hydrogen (secondary N) is 2. The first-order chi connectivity index (χ1) is 13.7. The maximum Gasteiger partial charge on any atom is 0.225 e. The van der Waals surface area contributed by atoms with Gasteiger partial charge in [-0.3, -0.25) is 4.99 Å². The van der Waals surface area contributed by atoms with Crippen LogP contribution in [-0.4, -0.2) is 60.9 Å². The summed E-state index contributed by atoms with van der Waals surface area (Å²) in [6.07, 6.45) is 12.6. The first-order valence-corrected chi connectivity index (χ1v) is 10.9. The summed E-state index contributed by atoms with van der Waals surface area (Å²) in [5.41, 5.74) is 0.310. The summed E-state index contributed by atoms with van der Waals surface area (Å²) in [5.74, 6) is 1.74. The topological polar surface area (TPSA) is 74.7 Å². The molecule has 7 heteroatoms. The van der Waals surface area contributed by atoms with Gasteiger partial charge in [0.2, 0.25) is 5.95 Å². The summed E-state index contributed by atoms with van der Waals surface area (Å²) in [4.78, 5) is 15.6. The Bertz CT molecular complexity index is 660. The molecule has 3 fully saturated rings. The highest BCUT2D eigenvalue weighted by Gasteiger charge is 2.57. The molecule has 1 aliphatic heterocycles. The minimum Gasteiger partial charge on any atom is -0.378 e. The third-order valence-electron chi connectivity index (χ3n) is 6.82. The number of piperidine rings is 1. The predicted molar refractivity (Wildman–Crippen MR) is 112 cm³/mol. The number of aliphatic imine (C=N–C) groups is 1. The molecule has 1 aromatic rings. The second-order valence-corrected chi connectivity index (χ2v) is 8.37. The third-order valence-corrected chi connectivity index (χ3v) is 6.82. The summed E-state index contributed by atoms with van der Waals surface area (Å²) in [5, 5.41) is 7.39. The van der Waals surface area contributed by atoms with E-state index in [1.165, 1.54) is 25.7 Å². The minimum absolute atomic E-state index is 0.310. The smallest absolute Gasteiger partial charge is 0.225 e. The second-order valence-electron chi connectivity index (χ2n) is 8.37. The highest BCUT2D eigenvalue weighted by molar-refractivity contribution is 5.80. The lowest BCUT2D eigenvalue weighted by atomic mass is 9.60. The van der Waals surface area contributed by atoms with Crippen LogP contribution in [0.2, 0.25) is 0 Å². The third kappa shape index (κ3) is 3.81. The van der Waals surface area contributed by atoms with Gasteiger partial charge in [0.1, 0.15) is 0 Å². The van der Waals surface area contributed by atoms with Gasteiger partial charge in [-0.15, -0.1) is 0 Å². The van der Waals surface area contributed by atoms with Crippen LogP contribution in [0.3, 0.4) is 0 Å². The van der Waals surface area contributed by atoms with Gasteiger partial charge in [0.05, 0.1) is 6.10 Å². The predicted octanol–water partition coefficient (Wildman–Crippen LogP) is 2.35. The molecule has 0 radical (unpaired) electrons. The summed E-state index contributed by atoms with van der Waals surface area (Å²) >= 11 is 0. The Balaban J connectivity index is 1.35. The highest BCUT2D eigenvalue weighted by Crippen LogP contribution is 2.54. The molecule has 3 unspecified atom stereocenters. The van der Waals surface area contributed by atoms with Crippen LogP contribution < -0.4 is 15.5 Å². The molecule has 2 N–H and O–H groups in total. The monoisotopic (exact) mass is 386 g/mol. The van der Waals surface area contributed by atoms with E-state index in [4.69, 9.17) is 4.74 Å². The second kappa shape index (κ2) is 8.64. The lowest BCUT2D eigenvalue weighted by Crippen LogP contribution is -2.66. The van der Waals surface area contributed by atoms with Gasteiger partial charge in [-0.2, -0.15) is 0 Å². The van der Waals surface area contributed by atoms with Crippen LogP contribution in [0.5, 0.6) is 0 Å². The van der Waals surface area contributed by atoms with Crippen molar-refractivity contribution in [2.24, 2.45) is 10.4 Å². The SMILES string of the molecule is CCOC1CC(NC(=NC)NC2CCCN(c3ncccn3)C2)C12CCCC2. The Morgan fingerprint density at radius 3 is 2.75 bits per heavy atom. The molecule has 3 aliphatic rings. The van der Waals surface area contributed by atoms with E-state index in [-0.39, 0.29) is 0 Å². The van der Waals surface area contributed by atoms with E-state index in [0.29, 0.717) is 23.6 Å². The molecule has 2 aliphatic carbocycles. The molecule has 4 rings (SSSR count). The van der Waals surface area contributed by atoms with Gasteiger partial charge in [-0.05, 0) is 45.1 Å². The van der Waals surface area contributed by atoms with E-state index in [0.717, 1.165) is 50.9 Å². The molecule has 7 nitrogen and oxygen atoms in total. The van der Waals surface area contributed by atoms with Gasteiger partial charge >= 0.3 is 0 Å². The van der Waals surface area contributed by atoms with Crippen molar-refractivity contribution in [3.63, 3.8) is 0 Å². The van der Waals surface area contributed by atoms with Gasteiger partial charge in [0, 0.05) is 56.6 Å². The quantitative estimate of drug-likeness (QED) is 0.598. The van der Waals surface area contributed by atoms with Crippen LogP contribution in [-0.2, 0) is 4.74 Å². The first kappa shape index (κ1) is 19.4.